The van der Waals surface area contributed by atoms with Gasteiger partial charge in [-0.3, -0.25) is 13.8 Å². The van der Waals surface area contributed by atoms with Gasteiger partial charge in [-0.05, 0) is 12.0 Å². The molecule has 0 bridgehead atoms. The fourth-order valence-corrected chi connectivity index (χ4v) is 2.25. The van der Waals surface area contributed by atoms with Crippen LogP contribution in [0, 0.1) is 0 Å². The molecule has 9 heteroatoms. The third kappa shape index (κ3) is 6.20. The fourth-order valence-electron chi connectivity index (χ4n) is 1.61. The number of hydrogen-bond donors (Lipinski definition) is 2. The van der Waals surface area contributed by atoms with Crippen LogP contribution in [-0.4, -0.2) is 47.1 Å². The van der Waals surface area contributed by atoms with E-state index in [0.717, 1.165) is 12.7 Å². The molecule has 0 radical (unpaired) electrons. The number of hydrogen-bond acceptors (Lipinski definition) is 6. The number of ether oxygens (including phenoxy) is 1. The zero-order chi connectivity index (χ0) is 16.6. The van der Waals surface area contributed by atoms with Crippen molar-refractivity contribution in [2.75, 3.05) is 20.8 Å². The van der Waals surface area contributed by atoms with Crippen molar-refractivity contribution < 1.29 is 26.9 Å². The molecular weight excluding hydrogens is 312 g/mol. The van der Waals surface area contributed by atoms with E-state index in [1.807, 2.05) is 0 Å². The standard InChI is InChI=1S/C13H18N2O6S/c1-20-12(16)9-14-13(17)11(15-22(18,19)21-2)8-10-6-4-3-5-7-10/h3-7,11,15H,8-9H2,1-2H3,(H,14,17)/t11-/m0/s1. The predicted molar refractivity (Wildman–Crippen MR) is 78.0 cm³/mol. The van der Waals surface area contributed by atoms with Gasteiger partial charge in [-0.25, -0.2) is 0 Å². The normalized spacial score (nSPS) is 12.5. The maximum atomic E-state index is 12.1. The summed E-state index contributed by atoms with van der Waals surface area (Å²) >= 11 is 0. The summed E-state index contributed by atoms with van der Waals surface area (Å²) in [4.78, 5) is 23.1. The summed E-state index contributed by atoms with van der Waals surface area (Å²) in [6.45, 7) is -0.352. The van der Waals surface area contributed by atoms with Gasteiger partial charge < -0.3 is 10.1 Å². The molecule has 122 valence electrons. The number of methoxy groups -OCH3 is 1. The highest BCUT2D eigenvalue weighted by atomic mass is 32.2. The van der Waals surface area contributed by atoms with Crippen LogP contribution in [0.25, 0.3) is 0 Å². The van der Waals surface area contributed by atoms with Crippen LogP contribution in [0.5, 0.6) is 0 Å². The molecule has 0 spiro atoms. The van der Waals surface area contributed by atoms with Crippen molar-refractivity contribution in [3.63, 3.8) is 0 Å². The topological polar surface area (TPSA) is 111 Å². The van der Waals surface area contributed by atoms with Crippen LogP contribution >= 0.6 is 0 Å². The molecule has 0 saturated heterocycles. The predicted octanol–water partition coefficient (Wildman–Crippen LogP) is -0.632. The Bertz CT molecular complexity index is 602. The number of esters is 1. The molecule has 0 saturated carbocycles. The number of amides is 1. The second kappa shape index (κ2) is 8.47. The van der Waals surface area contributed by atoms with Crippen molar-refractivity contribution in [3.8, 4) is 0 Å². The lowest BCUT2D eigenvalue weighted by Gasteiger charge is -2.17. The molecule has 0 unspecified atom stereocenters. The molecule has 1 aromatic rings. The van der Waals surface area contributed by atoms with Crippen molar-refractivity contribution in [2.24, 2.45) is 0 Å². The summed E-state index contributed by atoms with van der Waals surface area (Å²) in [5.41, 5.74) is 0.750. The van der Waals surface area contributed by atoms with Gasteiger partial charge in [-0.1, -0.05) is 30.3 Å². The van der Waals surface area contributed by atoms with Crippen LogP contribution in [0.15, 0.2) is 30.3 Å². The number of carbonyl (C=O) groups is 2. The molecule has 0 fully saturated rings. The summed E-state index contributed by atoms with van der Waals surface area (Å²) in [6.07, 6.45) is 0.108. The average molecular weight is 330 g/mol. The molecule has 0 aliphatic heterocycles. The zero-order valence-corrected chi connectivity index (χ0v) is 13.1. The van der Waals surface area contributed by atoms with Gasteiger partial charge in [-0.15, -0.1) is 0 Å². The minimum Gasteiger partial charge on any atom is -0.468 e. The molecule has 1 rings (SSSR count). The van der Waals surface area contributed by atoms with E-state index in [-0.39, 0.29) is 13.0 Å². The highest BCUT2D eigenvalue weighted by molar-refractivity contribution is 7.84. The quantitative estimate of drug-likeness (QED) is 0.614. The SMILES string of the molecule is COC(=O)CNC(=O)[C@H](Cc1ccccc1)NS(=O)(=O)OC. The first-order valence-corrected chi connectivity index (χ1v) is 7.75. The van der Waals surface area contributed by atoms with Crippen molar-refractivity contribution in [1.29, 1.82) is 0 Å². The number of nitrogens with one attached hydrogen (secondary N) is 2. The van der Waals surface area contributed by atoms with E-state index >= 15 is 0 Å². The van der Waals surface area contributed by atoms with Gasteiger partial charge in [-0.2, -0.15) is 13.1 Å². The lowest BCUT2D eigenvalue weighted by Crippen LogP contribution is -2.49. The molecule has 2 N–H and O–H groups in total. The first-order valence-electron chi connectivity index (χ1n) is 6.34. The van der Waals surface area contributed by atoms with Crippen LogP contribution in [0.2, 0.25) is 0 Å². The fraction of sp³-hybridized carbons (Fsp3) is 0.385. The zero-order valence-electron chi connectivity index (χ0n) is 12.2. The summed E-state index contributed by atoms with van der Waals surface area (Å²) in [7, 11) is -1.89. The van der Waals surface area contributed by atoms with Gasteiger partial charge in [0.25, 0.3) is 0 Å². The van der Waals surface area contributed by atoms with Gasteiger partial charge in [0.05, 0.1) is 14.2 Å². The van der Waals surface area contributed by atoms with E-state index in [9.17, 15) is 18.0 Å². The van der Waals surface area contributed by atoms with Crippen LogP contribution in [0.3, 0.4) is 0 Å². The molecule has 0 aromatic heterocycles. The molecule has 0 aliphatic carbocycles. The van der Waals surface area contributed by atoms with E-state index < -0.39 is 28.2 Å². The third-order valence-corrected chi connectivity index (χ3v) is 3.75. The van der Waals surface area contributed by atoms with E-state index in [1.165, 1.54) is 7.11 Å². The number of carbonyl (C=O) groups excluding carboxylic acids is 2. The van der Waals surface area contributed by atoms with Gasteiger partial charge in [0, 0.05) is 0 Å². The van der Waals surface area contributed by atoms with E-state index in [4.69, 9.17) is 0 Å². The van der Waals surface area contributed by atoms with E-state index in [0.29, 0.717) is 0 Å². The van der Waals surface area contributed by atoms with Gasteiger partial charge in [0.2, 0.25) is 5.91 Å². The number of rotatable bonds is 8. The molecule has 8 nitrogen and oxygen atoms in total. The molecule has 1 amide bonds. The van der Waals surface area contributed by atoms with E-state index in [1.54, 1.807) is 30.3 Å². The molecule has 0 heterocycles. The Kier molecular flexibility index (Phi) is 6.96. The lowest BCUT2D eigenvalue weighted by atomic mass is 10.1. The Labute approximate surface area is 129 Å². The van der Waals surface area contributed by atoms with Crippen molar-refractivity contribution in [3.05, 3.63) is 35.9 Å². The highest BCUT2D eigenvalue weighted by Gasteiger charge is 2.25. The second-order valence-electron chi connectivity index (χ2n) is 4.27. The maximum absolute atomic E-state index is 12.1. The van der Waals surface area contributed by atoms with Crippen LogP contribution in [-0.2, 0) is 35.2 Å². The maximum Gasteiger partial charge on any atom is 0.336 e. The first-order chi connectivity index (χ1) is 10.4. The highest BCUT2D eigenvalue weighted by Crippen LogP contribution is 2.05. The number of benzene rings is 1. The smallest absolute Gasteiger partial charge is 0.336 e. The van der Waals surface area contributed by atoms with Crippen LogP contribution in [0.4, 0.5) is 0 Å². The first kappa shape index (κ1) is 18.1. The average Bonchev–Trinajstić information content (AvgIpc) is 2.52. The minimum atomic E-state index is -4.05. The Morgan fingerprint density at radius 3 is 2.36 bits per heavy atom. The van der Waals surface area contributed by atoms with Gasteiger partial charge in [0.15, 0.2) is 0 Å². The Balaban J connectivity index is 2.81. The van der Waals surface area contributed by atoms with Gasteiger partial charge >= 0.3 is 16.3 Å². The summed E-state index contributed by atoms with van der Waals surface area (Å²) < 4.78 is 33.8. The lowest BCUT2D eigenvalue weighted by molar-refractivity contribution is -0.141. The van der Waals surface area contributed by atoms with E-state index in [2.05, 4.69) is 19.0 Å². The Morgan fingerprint density at radius 1 is 1.18 bits per heavy atom. The van der Waals surface area contributed by atoms with Crippen LogP contribution in [0.1, 0.15) is 5.56 Å². The Hall–Kier alpha value is -1.97. The molecule has 0 aliphatic rings. The van der Waals surface area contributed by atoms with Crippen molar-refractivity contribution in [1.82, 2.24) is 10.0 Å². The minimum absolute atomic E-state index is 0.108. The largest absolute Gasteiger partial charge is 0.468 e. The molecular formula is C13H18N2O6S. The van der Waals surface area contributed by atoms with Crippen molar-refractivity contribution >= 4 is 22.2 Å². The summed E-state index contributed by atoms with van der Waals surface area (Å²) in [5, 5.41) is 2.30. The molecule has 1 atom stereocenters. The Morgan fingerprint density at radius 2 is 1.82 bits per heavy atom. The van der Waals surface area contributed by atoms with Crippen molar-refractivity contribution in [2.45, 2.75) is 12.5 Å². The molecule has 22 heavy (non-hydrogen) atoms. The third-order valence-electron chi connectivity index (χ3n) is 2.74. The second-order valence-corrected chi connectivity index (χ2v) is 5.75. The monoisotopic (exact) mass is 330 g/mol. The van der Waals surface area contributed by atoms with Gasteiger partial charge in [0.1, 0.15) is 12.6 Å². The molecule has 1 aromatic carbocycles. The van der Waals surface area contributed by atoms with Crippen LogP contribution < -0.4 is 10.0 Å². The summed E-state index contributed by atoms with van der Waals surface area (Å²) in [6, 6.07) is 7.73. The summed E-state index contributed by atoms with van der Waals surface area (Å²) in [5.74, 6) is -1.30.